The minimum Gasteiger partial charge on any atom is -0.451 e. The van der Waals surface area contributed by atoms with Crippen molar-refractivity contribution in [1.82, 2.24) is 15.1 Å². The fourth-order valence-corrected chi connectivity index (χ4v) is 4.13. The highest BCUT2D eigenvalue weighted by molar-refractivity contribution is 7.12. The maximum absolute atomic E-state index is 12.5. The van der Waals surface area contributed by atoms with Gasteiger partial charge >= 0.3 is 5.97 Å². The van der Waals surface area contributed by atoms with E-state index in [4.69, 9.17) is 4.74 Å². The van der Waals surface area contributed by atoms with Crippen molar-refractivity contribution in [1.29, 1.82) is 0 Å². The van der Waals surface area contributed by atoms with E-state index in [9.17, 15) is 14.4 Å². The zero-order valence-corrected chi connectivity index (χ0v) is 18.1. The van der Waals surface area contributed by atoms with E-state index in [2.05, 4.69) is 5.32 Å². The molecule has 0 saturated carbocycles. The Kier molecular flexibility index (Phi) is 7.59. The van der Waals surface area contributed by atoms with Crippen LogP contribution in [0.15, 0.2) is 41.8 Å². The number of esters is 1. The predicted molar refractivity (Wildman–Crippen MR) is 116 cm³/mol. The van der Waals surface area contributed by atoms with Crippen LogP contribution in [0, 0.1) is 0 Å². The maximum atomic E-state index is 12.5. The van der Waals surface area contributed by atoms with Crippen LogP contribution in [0.2, 0.25) is 0 Å². The van der Waals surface area contributed by atoms with E-state index >= 15 is 0 Å². The molecule has 1 saturated heterocycles. The van der Waals surface area contributed by atoms with Gasteiger partial charge in [0.05, 0.1) is 6.54 Å². The van der Waals surface area contributed by atoms with Gasteiger partial charge in [-0.15, -0.1) is 11.3 Å². The molecule has 1 aliphatic rings. The second-order valence-electron chi connectivity index (χ2n) is 7.48. The Morgan fingerprint density at radius 2 is 1.77 bits per heavy atom. The van der Waals surface area contributed by atoms with Gasteiger partial charge in [0.25, 0.3) is 5.91 Å². The van der Waals surface area contributed by atoms with Crippen LogP contribution in [0.3, 0.4) is 0 Å². The number of thiophene rings is 1. The summed E-state index contributed by atoms with van der Waals surface area (Å²) < 4.78 is 5.30. The third kappa shape index (κ3) is 5.90. The number of rotatable bonds is 7. The molecule has 1 aromatic heterocycles. The zero-order chi connectivity index (χ0) is 21.5. The van der Waals surface area contributed by atoms with E-state index in [1.165, 1.54) is 11.3 Å². The molecule has 2 aromatic rings. The summed E-state index contributed by atoms with van der Waals surface area (Å²) in [6, 6.07) is 11.6. The number of nitrogens with one attached hydrogen (secondary N) is 1. The lowest BCUT2D eigenvalue weighted by atomic mass is 10.1. The molecule has 160 valence electrons. The Bertz CT molecular complexity index is 874. The fraction of sp³-hybridized carbons (Fsp3) is 0.409. The van der Waals surface area contributed by atoms with Crippen molar-refractivity contribution in [3.8, 4) is 11.1 Å². The first-order valence-corrected chi connectivity index (χ1v) is 10.9. The average Bonchev–Trinajstić information content (AvgIpc) is 3.22. The number of carbonyl (C=O) groups is 3. The number of hydrogen-bond acceptors (Lipinski definition) is 6. The number of hydrogen-bond donors (Lipinski definition) is 1. The molecule has 1 aliphatic heterocycles. The third-order valence-corrected chi connectivity index (χ3v) is 5.70. The second-order valence-corrected chi connectivity index (χ2v) is 8.40. The molecule has 0 bridgehead atoms. The SMILES string of the molecule is CC(C)NC(=O)CN1CCN(C(=O)COC(=O)c2sccc2-c2ccccc2)CC1. The highest BCUT2D eigenvalue weighted by Crippen LogP contribution is 2.28. The number of amides is 2. The summed E-state index contributed by atoms with van der Waals surface area (Å²) in [5.74, 6) is -0.711. The van der Waals surface area contributed by atoms with Crippen LogP contribution in [-0.2, 0) is 14.3 Å². The molecule has 2 heterocycles. The van der Waals surface area contributed by atoms with Gasteiger partial charge in [0, 0.05) is 37.8 Å². The Hall–Kier alpha value is -2.71. The lowest BCUT2D eigenvalue weighted by molar-refractivity contribution is -0.136. The summed E-state index contributed by atoms with van der Waals surface area (Å²) >= 11 is 1.31. The number of piperazine rings is 1. The lowest BCUT2D eigenvalue weighted by Gasteiger charge is -2.34. The van der Waals surface area contributed by atoms with Gasteiger partial charge in [-0.3, -0.25) is 14.5 Å². The van der Waals surface area contributed by atoms with Gasteiger partial charge in [-0.2, -0.15) is 0 Å². The average molecular weight is 430 g/mol. The lowest BCUT2D eigenvalue weighted by Crippen LogP contribution is -2.52. The van der Waals surface area contributed by atoms with Crippen molar-refractivity contribution in [3.63, 3.8) is 0 Å². The van der Waals surface area contributed by atoms with Crippen LogP contribution in [-0.4, -0.2) is 73.0 Å². The molecular weight excluding hydrogens is 402 g/mol. The molecule has 1 fully saturated rings. The summed E-state index contributed by atoms with van der Waals surface area (Å²) in [5, 5.41) is 4.71. The van der Waals surface area contributed by atoms with Gasteiger partial charge in [-0.05, 0) is 30.9 Å². The van der Waals surface area contributed by atoms with Gasteiger partial charge in [0.1, 0.15) is 4.88 Å². The maximum Gasteiger partial charge on any atom is 0.349 e. The monoisotopic (exact) mass is 429 g/mol. The molecule has 0 aliphatic carbocycles. The van der Waals surface area contributed by atoms with Crippen LogP contribution in [0.1, 0.15) is 23.5 Å². The minimum absolute atomic E-state index is 0.0103. The predicted octanol–water partition coefficient (Wildman–Crippen LogP) is 2.24. The Morgan fingerprint density at radius 3 is 2.43 bits per heavy atom. The summed E-state index contributed by atoms with van der Waals surface area (Å²) in [5.41, 5.74) is 1.75. The molecule has 0 radical (unpaired) electrons. The van der Waals surface area contributed by atoms with Crippen molar-refractivity contribution in [2.24, 2.45) is 0 Å². The molecule has 0 atom stereocenters. The molecular formula is C22H27N3O4S. The van der Waals surface area contributed by atoms with Gasteiger partial charge < -0.3 is 15.0 Å². The van der Waals surface area contributed by atoms with Gasteiger partial charge in [-0.25, -0.2) is 4.79 Å². The highest BCUT2D eigenvalue weighted by atomic mass is 32.1. The van der Waals surface area contributed by atoms with Crippen molar-refractivity contribution in [2.75, 3.05) is 39.3 Å². The molecule has 30 heavy (non-hydrogen) atoms. The summed E-state index contributed by atoms with van der Waals surface area (Å²) in [4.78, 5) is 41.0. The number of nitrogens with zero attached hydrogens (tertiary/aromatic N) is 2. The number of ether oxygens (including phenoxy) is 1. The molecule has 0 spiro atoms. The first kappa shape index (κ1) is 22.0. The van der Waals surface area contributed by atoms with Crippen molar-refractivity contribution >= 4 is 29.1 Å². The van der Waals surface area contributed by atoms with E-state index in [-0.39, 0.29) is 24.5 Å². The van der Waals surface area contributed by atoms with E-state index in [1.54, 1.807) is 4.90 Å². The highest BCUT2D eigenvalue weighted by Gasteiger charge is 2.24. The molecule has 1 N–H and O–H groups in total. The van der Waals surface area contributed by atoms with Crippen molar-refractivity contribution in [2.45, 2.75) is 19.9 Å². The molecule has 8 heteroatoms. The van der Waals surface area contributed by atoms with Crippen molar-refractivity contribution in [3.05, 3.63) is 46.7 Å². The summed E-state index contributed by atoms with van der Waals surface area (Å²) in [6.45, 7) is 6.17. The third-order valence-electron chi connectivity index (χ3n) is 4.80. The molecule has 3 rings (SSSR count). The molecule has 0 unspecified atom stereocenters. The number of carbonyl (C=O) groups excluding carboxylic acids is 3. The Morgan fingerprint density at radius 1 is 1.07 bits per heavy atom. The van der Waals surface area contributed by atoms with Gasteiger partial charge in [-0.1, -0.05) is 30.3 Å². The van der Waals surface area contributed by atoms with Crippen LogP contribution in [0.25, 0.3) is 11.1 Å². The van der Waals surface area contributed by atoms with Crippen LogP contribution >= 0.6 is 11.3 Å². The van der Waals surface area contributed by atoms with E-state index in [0.717, 1.165) is 11.1 Å². The van der Waals surface area contributed by atoms with E-state index < -0.39 is 5.97 Å². The Labute approximate surface area is 180 Å². The van der Waals surface area contributed by atoms with Crippen LogP contribution in [0.4, 0.5) is 0 Å². The summed E-state index contributed by atoms with van der Waals surface area (Å²) in [6.07, 6.45) is 0. The fourth-order valence-electron chi connectivity index (χ4n) is 3.32. The summed E-state index contributed by atoms with van der Waals surface area (Å²) in [7, 11) is 0. The van der Waals surface area contributed by atoms with E-state index in [1.807, 2.05) is 60.5 Å². The first-order valence-electron chi connectivity index (χ1n) is 10.0. The van der Waals surface area contributed by atoms with Crippen LogP contribution in [0.5, 0.6) is 0 Å². The largest absolute Gasteiger partial charge is 0.451 e. The van der Waals surface area contributed by atoms with Crippen LogP contribution < -0.4 is 5.32 Å². The molecule has 7 nitrogen and oxygen atoms in total. The quantitative estimate of drug-likeness (QED) is 0.683. The van der Waals surface area contributed by atoms with E-state index in [0.29, 0.717) is 37.6 Å². The first-order chi connectivity index (χ1) is 14.4. The Balaban J connectivity index is 1.46. The topological polar surface area (TPSA) is 79.0 Å². The standard InChI is InChI=1S/C22H27N3O4S/c1-16(2)23-19(26)14-24-9-11-25(12-10-24)20(27)15-29-22(28)21-18(8-13-30-21)17-6-4-3-5-7-17/h3-8,13,16H,9-12,14-15H2,1-2H3,(H,23,26). The normalized spacial score (nSPS) is 14.6. The molecule has 1 aromatic carbocycles. The smallest absolute Gasteiger partial charge is 0.349 e. The van der Waals surface area contributed by atoms with Gasteiger partial charge in [0.2, 0.25) is 5.91 Å². The molecule has 2 amide bonds. The van der Waals surface area contributed by atoms with Gasteiger partial charge in [0.15, 0.2) is 6.61 Å². The second kappa shape index (κ2) is 10.4. The minimum atomic E-state index is -0.485. The van der Waals surface area contributed by atoms with Crippen molar-refractivity contribution < 1.29 is 19.1 Å². The zero-order valence-electron chi connectivity index (χ0n) is 17.3. The number of benzene rings is 1.